The van der Waals surface area contributed by atoms with Crippen LogP contribution in [0, 0.1) is 0 Å². The topological polar surface area (TPSA) is 52.5 Å². The molecule has 0 saturated carbocycles. The van der Waals surface area contributed by atoms with Crippen molar-refractivity contribution in [3.8, 4) is 0 Å². The van der Waals surface area contributed by atoms with Crippen molar-refractivity contribution >= 4 is 0 Å². The fourth-order valence-corrected chi connectivity index (χ4v) is 1.23. The molecule has 0 amide bonds. The molecule has 1 aromatic carbocycles. The quantitative estimate of drug-likeness (QED) is 0.642. The van der Waals surface area contributed by atoms with E-state index in [4.69, 9.17) is 5.11 Å². The van der Waals surface area contributed by atoms with Crippen molar-refractivity contribution in [3.63, 3.8) is 0 Å². The number of hydrogen-bond donors (Lipinski definition) is 3. The summed E-state index contributed by atoms with van der Waals surface area (Å²) in [6.45, 7) is 2.28. The number of benzene rings is 1. The molecular formula is C11H17NO2. The van der Waals surface area contributed by atoms with Crippen molar-refractivity contribution in [2.24, 2.45) is 0 Å². The highest BCUT2D eigenvalue weighted by molar-refractivity contribution is 5.14. The third kappa shape index (κ3) is 3.46. The van der Waals surface area contributed by atoms with E-state index in [9.17, 15) is 5.11 Å². The van der Waals surface area contributed by atoms with E-state index >= 15 is 0 Å². The average Bonchev–Trinajstić information content (AvgIpc) is 2.20. The van der Waals surface area contributed by atoms with Gasteiger partial charge in [0, 0.05) is 6.54 Å². The summed E-state index contributed by atoms with van der Waals surface area (Å²) in [4.78, 5) is 0. The summed E-state index contributed by atoms with van der Waals surface area (Å²) in [5.74, 6) is 0. The third-order valence-corrected chi connectivity index (χ3v) is 2.19. The molecule has 1 unspecified atom stereocenters. The standard InChI is InChI=1S/C11H17NO2/c1-9(14)11(8-13)12-7-10-5-3-2-4-6-10/h2-6,9,11-14H,7-8H2,1H3/t9?,11-/m1/s1. The second-order valence-corrected chi connectivity index (χ2v) is 3.40. The van der Waals surface area contributed by atoms with Crippen molar-refractivity contribution in [2.45, 2.75) is 25.6 Å². The Balaban J connectivity index is 2.40. The van der Waals surface area contributed by atoms with Crippen molar-refractivity contribution in [3.05, 3.63) is 35.9 Å². The predicted molar refractivity (Wildman–Crippen MR) is 55.8 cm³/mol. The maximum atomic E-state index is 9.27. The second-order valence-electron chi connectivity index (χ2n) is 3.40. The SMILES string of the molecule is CC(O)[C@@H](CO)NCc1ccccc1. The minimum absolute atomic E-state index is 0.0511. The molecular weight excluding hydrogens is 178 g/mol. The highest BCUT2D eigenvalue weighted by atomic mass is 16.3. The molecule has 0 aliphatic carbocycles. The average molecular weight is 195 g/mol. The van der Waals surface area contributed by atoms with E-state index in [2.05, 4.69) is 5.32 Å². The zero-order valence-electron chi connectivity index (χ0n) is 8.35. The molecule has 0 fully saturated rings. The first-order chi connectivity index (χ1) is 6.74. The Bertz CT molecular complexity index is 249. The molecule has 3 N–H and O–H groups in total. The fraction of sp³-hybridized carbons (Fsp3) is 0.455. The van der Waals surface area contributed by atoms with Crippen LogP contribution in [0.4, 0.5) is 0 Å². The molecule has 0 bridgehead atoms. The summed E-state index contributed by atoms with van der Waals surface area (Å²) in [5, 5.41) is 21.3. The molecule has 3 nitrogen and oxygen atoms in total. The summed E-state index contributed by atoms with van der Waals surface area (Å²) in [6.07, 6.45) is -0.538. The Morgan fingerprint density at radius 3 is 2.43 bits per heavy atom. The highest BCUT2D eigenvalue weighted by Gasteiger charge is 2.12. The van der Waals surface area contributed by atoms with Crippen molar-refractivity contribution in [2.75, 3.05) is 6.61 Å². The van der Waals surface area contributed by atoms with Gasteiger partial charge in [0.15, 0.2) is 0 Å². The van der Waals surface area contributed by atoms with E-state index in [-0.39, 0.29) is 12.6 Å². The minimum atomic E-state index is -0.538. The molecule has 0 heterocycles. The Hall–Kier alpha value is -0.900. The Morgan fingerprint density at radius 2 is 1.93 bits per heavy atom. The maximum Gasteiger partial charge on any atom is 0.0687 e. The third-order valence-electron chi connectivity index (χ3n) is 2.19. The van der Waals surface area contributed by atoms with Gasteiger partial charge in [0.1, 0.15) is 0 Å². The predicted octanol–water partition coefficient (Wildman–Crippen LogP) is 0.518. The minimum Gasteiger partial charge on any atom is -0.395 e. The van der Waals surface area contributed by atoms with E-state index in [0.717, 1.165) is 5.56 Å². The van der Waals surface area contributed by atoms with Gasteiger partial charge >= 0.3 is 0 Å². The molecule has 78 valence electrons. The number of rotatable bonds is 5. The van der Waals surface area contributed by atoms with Gasteiger partial charge in [-0.25, -0.2) is 0 Å². The largest absolute Gasteiger partial charge is 0.395 e. The normalized spacial score (nSPS) is 15.1. The van der Waals surface area contributed by atoms with E-state index in [0.29, 0.717) is 6.54 Å². The molecule has 0 spiro atoms. The lowest BCUT2D eigenvalue weighted by Gasteiger charge is -2.18. The van der Waals surface area contributed by atoms with Gasteiger partial charge in [0.2, 0.25) is 0 Å². The lowest BCUT2D eigenvalue weighted by atomic mass is 10.1. The van der Waals surface area contributed by atoms with Crippen LogP contribution in [-0.4, -0.2) is 29.0 Å². The first kappa shape index (κ1) is 11.2. The Morgan fingerprint density at radius 1 is 1.29 bits per heavy atom. The summed E-state index contributed by atoms with van der Waals surface area (Å²) in [5.41, 5.74) is 1.15. The van der Waals surface area contributed by atoms with Crippen LogP contribution in [0.5, 0.6) is 0 Å². The molecule has 1 rings (SSSR count). The van der Waals surface area contributed by atoms with Gasteiger partial charge in [-0.3, -0.25) is 0 Å². The van der Waals surface area contributed by atoms with Crippen LogP contribution in [0.1, 0.15) is 12.5 Å². The lowest BCUT2D eigenvalue weighted by molar-refractivity contribution is 0.103. The second kappa shape index (κ2) is 5.75. The van der Waals surface area contributed by atoms with Gasteiger partial charge in [0.25, 0.3) is 0 Å². The Labute approximate surface area is 84.4 Å². The van der Waals surface area contributed by atoms with Crippen LogP contribution < -0.4 is 5.32 Å². The van der Waals surface area contributed by atoms with Gasteiger partial charge in [-0.15, -0.1) is 0 Å². The summed E-state index contributed by atoms with van der Waals surface area (Å²) in [7, 11) is 0. The van der Waals surface area contributed by atoms with Crippen molar-refractivity contribution in [1.29, 1.82) is 0 Å². The molecule has 0 aromatic heterocycles. The van der Waals surface area contributed by atoms with Crippen molar-refractivity contribution in [1.82, 2.24) is 5.32 Å². The molecule has 0 radical (unpaired) electrons. The number of aliphatic hydroxyl groups is 2. The van der Waals surface area contributed by atoms with Crippen molar-refractivity contribution < 1.29 is 10.2 Å². The van der Waals surface area contributed by atoms with E-state index in [1.54, 1.807) is 6.92 Å². The Kier molecular flexibility index (Phi) is 4.59. The molecule has 2 atom stereocenters. The molecule has 1 aromatic rings. The number of nitrogens with one attached hydrogen (secondary N) is 1. The van der Waals surface area contributed by atoms with Crippen LogP contribution in [0.15, 0.2) is 30.3 Å². The van der Waals surface area contributed by atoms with E-state index < -0.39 is 6.10 Å². The highest BCUT2D eigenvalue weighted by Crippen LogP contribution is 1.99. The van der Waals surface area contributed by atoms with Crippen LogP contribution in [0.3, 0.4) is 0 Å². The maximum absolute atomic E-state index is 9.27. The molecule has 3 heteroatoms. The number of aliphatic hydroxyl groups excluding tert-OH is 2. The van der Waals surface area contributed by atoms with E-state index in [1.165, 1.54) is 0 Å². The molecule has 14 heavy (non-hydrogen) atoms. The number of hydrogen-bond acceptors (Lipinski definition) is 3. The fourth-order valence-electron chi connectivity index (χ4n) is 1.23. The molecule has 0 aliphatic heterocycles. The van der Waals surface area contributed by atoms with E-state index in [1.807, 2.05) is 30.3 Å². The van der Waals surface area contributed by atoms with Crippen LogP contribution in [-0.2, 0) is 6.54 Å². The van der Waals surface area contributed by atoms with Gasteiger partial charge in [-0.05, 0) is 12.5 Å². The first-order valence-electron chi connectivity index (χ1n) is 4.80. The van der Waals surface area contributed by atoms with Crippen LogP contribution in [0.2, 0.25) is 0 Å². The lowest BCUT2D eigenvalue weighted by Crippen LogP contribution is -2.40. The summed E-state index contributed by atoms with van der Waals surface area (Å²) >= 11 is 0. The zero-order chi connectivity index (χ0) is 10.4. The molecule has 0 saturated heterocycles. The smallest absolute Gasteiger partial charge is 0.0687 e. The molecule has 0 aliphatic rings. The monoisotopic (exact) mass is 195 g/mol. The summed E-state index contributed by atoms with van der Waals surface area (Å²) in [6, 6.07) is 9.64. The van der Waals surface area contributed by atoms with Gasteiger partial charge in [-0.1, -0.05) is 30.3 Å². The van der Waals surface area contributed by atoms with Gasteiger partial charge in [0.05, 0.1) is 18.8 Å². The zero-order valence-corrected chi connectivity index (χ0v) is 8.35. The van der Waals surface area contributed by atoms with Crippen LogP contribution in [0.25, 0.3) is 0 Å². The summed E-state index contributed by atoms with van der Waals surface area (Å²) < 4.78 is 0. The van der Waals surface area contributed by atoms with Gasteiger partial charge < -0.3 is 15.5 Å². The van der Waals surface area contributed by atoms with Gasteiger partial charge in [-0.2, -0.15) is 0 Å². The van der Waals surface area contributed by atoms with Crippen LogP contribution >= 0.6 is 0 Å². The first-order valence-corrected chi connectivity index (χ1v) is 4.80.